The van der Waals surface area contributed by atoms with E-state index in [0.29, 0.717) is 18.0 Å². The second-order valence-electron chi connectivity index (χ2n) is 5.11. The number of aromatic nitrogens is 1. The predicted molar refractivity (Wildman–Crippen MR) is 73.3 cm³/mol. The lowest BCUT2D eigenvalue weighted by Crippen LogP contribution is -2.45. The summed E-state index contributed by atoms with van der Waals surface area (Å²) in [5, 5.41) is 6.73. The molecule has 17 heavy (non-hydrogen) atoms. The van der Waals surface area contributed by atoms with Gasteiger partial charge in [0.2, 0.25) is 0 Å². The number of hydrogen-bond donors (Lipinski definition) is 1. The van der Waals surface area contributed by atoms with E-state index >= 15 is 0 Å². The Hall–Kier alpha value is -0.450. The molecule has 4 heteroatoms. The monoisotopic (exact) mass is 253 g/mol. The van der Waals surface area contributed by atoms with Gasteiger partial charge in [-0.05, 0) is 52.7 Å². The summed E-state index contributed by atoms with van der Waals surface area (Å²) < 4.78 is 0. The van der Waals surface area contributed by atoms with Gasteiger partial charge in [-0.15, -0.1) is 11.3 Å². The molecule has 2 atom stereocenters. The van der Waals surface area contributed by atoms with Crippen molar-refractivity contribution in [2.75, 3.05) is 20.1 Å². The lowest BCUT2D eigenvalue weighted by molar-refractivity contribution is 0.0634. The van der Waals surface area contributed by atoms with Crippen molar-refractivity contribution in [1.29, 1.82) is 0 Å². The van der Waals surface area contributed by atoms with Crippen LogP contribution in [0.2, 0.25) is 0 Å². The van der Waals surface area contributed by atoms with E-state index in [1.165, 1.54) is 24.4 Å². The highest BCUT2D eigenvalue weighted by Gasteiger charge is 2.34. The van der Waals surface area contributed by atoms with E-state index in [1.54, 1.807) is 11.3 Å². The van der Waals surface area contributed by atoms with Crippen molar-refractivity contribution in [2.45, 2.75) is 38.8 Å². The predicted octanol–water partition coefficient (Wildman–Crippen LogP) is 2.52. The fraction of sp³-hybridized carbons (Fsp3) is 0.769. The fourth-order valence-corrected chi connectivity index (χ4v) is 3.73. The molecular weight excluding hydrogens is 230 g/mol. The van der Waals surface area contributed by atoms with Crippen LogP contribution in [0.15, 0.2) is 11.6 Å². The number of likely N-dealkylation sites (tertiary alicyclic amines) is 1. The Bertz CT molecular complexity index is 321. The standard InChI is InChI=1S/C13H23N3S/c1-10(2)16-7-4-5-11(9-14-3)12(16)13-15-6-8-17-13/h6,8,10-12,14H,4-5,7,9H2,1-3H3. The number of thiazole rings is 1. The Morgan fingerprint density at radius 1 is 1.59 bits per heavy atom. The second kappa shape index (κ2) is 5.94. The quantitative estimate of drug-likeness (QED) is 0.894. The van der Waals surface area contributed by atoms with Gasteiger partial charge in [-0.3, -0.25) is 4.90 Å². The van der Waals surface area contributed by atoms with Gasteiger partial charge in [0.25, 0.3) is 0 Å². The number of nitrogens with zero attached hydrogens (tertiary/aromatic N) is 2. The van der Waals surface area contributed by atoms with Crippen molar-refractivity contribution in [3.63, 3.8) is 0 Å². The molecule has 0 aliphatic carbocycles. The van der Waals surface area contributed by atoms with E-state index < -0.39 is 0 Å². The van der Waals surface area contributed by atoms with Crippen LogP contribution in [-0.4, -0.2) is 36.1 Å². The molecule has 2 rings (SSSR count). The molecule has 1 aliphatic rings. The molecule has 0 radical (unpaired) electrons. The number of hydrogen-bond acceptors (Lipinski definition) is 4. The van der Waals surface area contributed by atoms with Crippen LogP contribution in [-0.2, 0) is 0 Å². The molecule has 0 saturated carbocycles. The molecule has 0 spiro atoms. The smallest absolute Gasteiger partial charge is 0.110 e. The zero-order valence-electron chi connectivity index (χ0n) is 11.0. The Morgan fingerprint density at radius 3 is 3.00 bits per heavy atom. The molecule has 0 bridgehead atoms. The fourth-order valence-electron chi connectivity index (χ4n) is 2.88. The SMILES string of the molecule is CNCC1CCCN(C(C)C)C1c1nccs1. The van der Waals surface area contributed by atoms with Crippen molar-refractivity contribution in [2.24, 2.45) is 5.92 Å². The summed E-state index contributed by atoms with van der Waals surface area (Å²) >= 11 is 1.80. The van der Waals surface area contributed by atoms with Crippen LogP contribution in [0.1, 0.15) is 37.7 Å². The maximum Gasteiger partial charge on any atom is 0.110 e. The van der Waals surface area contributed by atoms with Crippen molar-refractivity contribution in [3.8, 4) is 0 Å². The van der Waals surface area contributed by atoms with Gasteiger partial charge in [-0.2, -0.15) is 0 Å². The molecule has 1 aliphatic heterocycles. The summed E-state index contributed by atoms with van der Waals surface area (Å²) in [5.41, 5.74) is 0. The van der Waals surface area contributed by atoms with Crippen LogP contribution in [0, 0.1) is 5.92 Å². The largest absolute Gasteiger partial charge is 0.319 e. The van der Waals surface area contributed by atoms with Gasteiger partial charge >= 0.3 is 0 Å². The first-order valence-corrected chi connectivity index (χ1v) is 7.41. The lowest BCUT2D eigenvalue weighted by Gasteiger charge is -2.42. The molecular formula is C13H23N3S. The first-order chi connectivity index (χ1) is 8.24. The van der Waals surface area contributed by atoms with Gasteiger partial charge < -0.3 is 5.32 Å². The molecule has 0 amide bonds. The lowest BCUT2D eigenvalue weighted by atomic mass is 9.88. The summed E-state index contributed by atoms with van der Waals surface area (Å²) in [4.78, 5) is 7.17. The zero-order chi connectivity index (χ0) is 12.3. The first kappa shape index (κ1) is 13.0. The second-order valence-corrected chi connectivity index (χ2v) is 6.03. The third kappa shape index (κ3) is 2.87. The van der Waals surface area contributed by atoms with Gasteiger partial charge in [0.1, 0.15) is 5.01 Å². The topological polar surface area (TPSA) is 28.2 Å². The van der Waals surface area contributed by atoms with Crippen LogP contribution in [0.25, 0.3) is 0 Å². The molecule has 2 heterocycles. The van der Waals surface area contributed by atoms with Gasteiger partial charge in [-0.25, -0.2) is 4.98 Å². The minimum atomic E-state index is 0.510. The highest BCUT2D eigenvalue weighted by molar-refractivity contribution is 7.09. The molecule has 3 nitrogen and oxygen atoms in total. The minimum absolute atomic E-state index is 0.510. The van der Waals surface area contributed by atoms with E-state index in [2.05, 4.69) is 34.4 Å². The summed E-state index contributed by atoms with van der Waals surface area (Å²) in [6.45, 7) is 6.89. The van der Waals surface area contributed by atoms with Gasteiger partial charge in [-0.1, -0.05) is 0 Å². The van der Waals surface area contributed by atoms with Gasteiger partial charge in [0.15, 0.2) is 0 Å². The van der Waals surface area contributed by atoms with Crippen molar-refractivity contribution in [1.82, 2.24) is 15.2 Å². The van der Waals surface area contributed by atoms with Gasteiger partial charge in [0, 0.05) is 17.6 Å². The van der Waals surface area contributed by atoms with E-state index in [9.17, 15) is 0 Å². The normalized spacial score (nSPS) is 26.6. The maximum absolute atomic E-state index is 4.55. The zero-order valence-corrected chi connectivity index (χ0v) is 11.8. The molecule has 1 saturated heterocycles. The van der Waals surface area contributed by atoms with Crippen LogP contribution in [0.4, 0.5) is 0 Å². The highest BCUT2D eigenvalue weighted by Crippen LogP contribution is 2.37. The maximum atomic E-state index is 4.55. The third-order valence-corrected chi connectivity index (χ3v) is 4.48. The average Bonchev–Trinajstić information content (AvgIpc) is 2.82. The molecule has 1 N–H and O–H groups in total. The van der Waals surface area contributed by atoms with E-state index in [0.717, 1.165) is 6.54 Å². The molecule has 0 aromatic carbocycles. The molecule has 96 valence electrons. The first-order valence-electron chi connectivity index (χ1n) is 6.53. The molecule has 1 fully saturated rings. The third-order valence-electron chi connectivity index (χ3n) is 3.63. The van der Waals surface area contributed by atoms with Crippen LogP contribution in [0.5, 0.6) is 0 Å². The number of nitrogens with one attached hydrogen (secondary N) is 1. The molecule has 1 aromatic heterocycles. The van der Waals surface area contributed by atoms with Crippen molar-refractivity contribution in [3.05, 3.63) is 16.6 Å². The van der Waals surface area contributed by atoms with Crippen LogP contribution in [0.3, 0.4) is 0 Å². The van der Waals surface area contributed by atoms with E-state index in [1.807, 2.05) is 13.2 Å². The van der Waals surface area contributed by atoms with E-state index in [4.69, 9.17) is 0 Å². The average molecular weight is 253 g/mol. The van der Waals surface area contributed by atoms with Crippen LogP contribution >= 0.6 is 11.3 Å². The minimum Gasteiger partial charge on any atom is -0.319 e. The summed E-state index contributed by atoms with van der Waals surface area (Å²) in [5.74, 6) is 0.697. The van der Waals surface area contributed by atoms with E-state index in [-0.39, 0.29) is 0 Å². The van der Waals surface area contributed by atoms with Crippen molar-refractivity contribution < 1.29 is 0 Å². The summed E-state index contributed by atoms with van der Waals surface area (Å²) in [6, 6.07) is 1.11. The Balaban J connectivity index is 2.22. The summed E-state index contributed by atoms with van der Waals surface area (Å²) in [6.07, 6.45) is 4.56. The Labute approximate surface area is 108 Å². The number of piperidine rings is 1. The Morgan fingerprint density at radius 2 is 2.41 bits per heavy atom. The van der Waals surface area contributed by atoms with Crippen molar-refractivity contribution >= 4 is 11.3 Å². The van der Waals surface area contributed by atoms with Crippen LogP contribution < -0.4 is 5.32 Å². The number of rotatable bonds is 4. The Kier molecular flexibility index (Phi) is 4.54. The van der Waals surface area contributed by atoms with Gasteiger partial charge in [0.05, 0.1) is 6.04 Å². The highest BCUT2D eigenvalue weighted by atomic mass is 32.1. The summed E-state index contributed by atoms with van der Waals surface area (Å²) in [7, 11) is 2.05. The molecule has 1 aromatic rings. The molecule has 2 unspecified atom stereocenters.